The standard InChI is InChI=1S/C9H17N5O4/c1-2-18-9(17)13-12-7(15)10-3-5-14-6-4-11-8(14)16/h8,11,16H,2-6H2,1H3,(H,10,15)/b13-12+. The predicted octanol–water partition coefficient (Wildman–Crippen LogP) is -0.514. The van der Waals surface area contributed by atoms with Gasteiger partial charge in [0.25, 0.3) is 0 Å². The van der Waals surface area contributed by atoms with Gasteiger partial charge in [0.15, 0.2) is 6.35 Å². The zero-order chi connectivity index (χ0) is 13.4. The maximum absolute atomic E-state index is 11.1. The lowest BCUT2D eigenvalue weighted by Gasteiger charge is -2.18. The molecule has 0 saturated carbocycles. The van der Waals surface area contributed by atoms with E-state index in [2.05, 4.69) is 25.6 Å². The number of azo groups is 1. The lowest BCUT2D eigenvalue weighted by atomic mass is 10.5. The smallest absolute Gasteiger partial charge is 0.447 e. The first-order valence-corrected chi connectivity index (χ1v) is 5.65. The Morgan fingerprint density at radius 3 is 2.94 bits per heavy atom. The number of aliphatic hydroxyl groups is 1. The maximum atomic E-state index is 11.1. The third kappa shape index (κ3) is 5.17. The molecule has 9 heteroatoms. The molecule has 0 aromatic heterocycles. The minimum atomic E-state index is -0.896. The Hall–Kier alpha value is -1.58. The highest BCUT2D eigenvalue weighted by molar-refractivity contribution is 5.77. The van der Waals surface area contributed by atoms with Crippen molar-refractivity contribution < 1.29 is 19.4 Å². The summed E-state index contributed by atoms with van der Waals surface area (Å²) in [5, 5.41) is 20.8. The van der Waals surface area contributed by atoms with Crippen LogP contribution in [0.1, 0.15) is 6.92 Å². The van der Waals surface area contributed by atoms with Crippen molar-refractivity contribution in [2.75, 3.05) is 32.8 Å². The van der Waals surface area contributed by atoms with Crippen LogP contribution in [0.15, 0.2) is 10.2 Å². The van der Waals surface area contributed by atoms with E-state index < -0.39 is 18.5 Å². The fourth-order valence-electron chi connectivity index (χ4n) is 1.40. The number of aliphatic hydroxyl groups excluding tert-OH is 1. The zero-order valence-electron chi connectivity index (χ0n) is 10.1. The average Bonchev–Trinajstić information content (AvgIpc) is 2.73. The molecule has 0 aromatic rings. The Kier molecular flexibility index (Phi) is 6.19. The highest BCUT2D eigenvalue weighted by atomic mass is 16.5. The van der Waals surface area contributed by atoms with E-state index >= 15 is 0 Å². The number of urea groups is 1. The summed E-state index contributed by atoms with van der Waals surface area (Å²) in [6, 6.07) is -0.718. The van der Waals surface area contributed by atoms with Crippen LogP contribution < -0.4 is 10.6 Å². The van der Waals surface area contributed by atoms with Gasteiger partial charge in [-0.15, -0.1) is 0 Å². The van der Waals surface area contributed by atoms with Crippen LogP contribution in [-0.2, 0) is 4.74 Å². The normalized spacial score (nSPS) is 20.2. The Morgan fingerprint density at radius 1 is 1.56 bits per heavy atom. The molecule has 3 N–H and O–H groups in total. The van der Waals surface area contributed by atoms with E-state index in [1.165, 1.54) is 0 Å². The molecule has 0 aromatic carbocycles. The van der Waals surface area contributed by atoms with Crippen molar-refractivity contribution in [1.29, 1.82) is 0 Å². The molecule has 1 aliphatic rings. The first kappa shape index (κ1) is 14.5. The number of amides is 3. The van der Waals surface area contributed by atoms with E-state index in [9.17, 15) is 14.7 Å². The molecular weight excluding hydrogens is 242 g/mol. The van der Waals surface area contributed by atoms with Gasteiger partial charge in [-0.25, -0.2) is 9.59 Å². The van der Waals surface area contributed by atoms with Gasteiger partial charge in [-0.05, 0) is 6.92 Å². The van der Waals surface area contributed by atoms with Crippen molar-refractivity contribution >= 4 is 12.1 Å². The van der Waals surface area contributed by atoms with Crippen LogP contribution in [0.4, 0.5) is 9.59 Å². The van der Waals surface area contributed by atoms with Gasteiger partial charge in [0.05, 0.1) is 6.61 Å². The summed E-state index contributed by atoms with van der Waals surface area (Å²) in [6.45, 7) is 4.01. The average molecular weight is 259 g/mol. The quantitative estimate of drug-likeness (QED) is 0.585. The third-order valence-electron chi connectivity index (χ3n) is 2.24. The van der Waals surface area contributed by atoms with Crippen LogP contribution in [-0.4, -0.2) is 61.3 Å². The largest absolute Gasteiger partial charge is 0.452 e. The number of nitrogens with zero attached hydrogens (tertiary/aromatic N) is 3. The second kappa shape index (κ2) is 7.69. The Morgan fingerprint density at radius 2 is 2.33 bits per heavy atom. The summed E-state index contributed by atoms with van der Waals surface area (Å²) < 4.78 is 4.46. The Balaban J connectivity index is 2.15. The number of hydrogen-bond donors (Lipinski definition) is 3. The highest BCUT2D eigenvalue weighted by Gasteiger charge is 2.20. The number of ether oxygens (including phenoxy) is 1. The number of hydrogen-bond acceptors (Lipinski definition) is 6. The van der Waals surface area contributed by atoms with Crippen LogP contribution in [0.3, 0.4) is 0 Å². The third-order valence-corrected chi connectivity index (χ3v) is 2.24. The van der Waals surface area contributed by atoms with Gasteiger partial charge in [0.2, 0.25) is 0 Å². The van der Waals surface area contributed by atoms with Crippen molar-refractivity contribution in [3.05, 3.63) is 0 Å². The highest BCUT2D eigenvalue weighted by Crippen LogP contribution is 1.97. The second-order valence-electron chi connectivity index (χ2n) is 3.49. The topological polar surface area (TPSA) is 116 Å². The van der Waals surface area contributed by atoms with Crippen molar-refractivity contribution in [3.63, 3.8) is 0 Å². The van der Waals surface area contributed by atoms with Gasteiger partial charge in [-0.3, -0.25) is 10.2 Å². The van der Waals surface area contributed by atoms with Gasteiger partial charge in [0.1, 0.15) is 0 Å². The summed E-state index contributed by atoms with van der Waals surface area (Å²) >= 11 is 0. The molecule has 0 aliphatic carbocycles. The number of nitrogens with one attached hydrogen (secondary N) is 2. The molecule has 0 bridgehead atoms. The maximum Gasteiger partial charge on any atom is 0.452 e. The molecule has 3 amide bonds. The molecule has 1 unspecified atom stereocenters. The first-order valence-electron chi connectivity index (χ1n) is 5.65. The summed E-state index contributed by atoms with van der Waals surface area (Å²) in [6.07, 6.45) is -1.57. The van der Waals surface area contributed by atoms with Gasteiger partial charge >= 0.3 is 12.1 Å². The monoisotopic (exact) mass is 259 g/mol. The van der Waals surface area contributed by atoms with Crippen molar-refractivity contribution in [2.45, 2.75) is 13.3 Å². The van der Waals surface area contributed by atoms with Gasteiger partial charge in [0, 0.05) is 26.2 Å². The summed E-state index contributed by atoms with van der Waals surface area (Å²) in [5.74, 6) is 0. The molecule has 9 nitrogen and oxygen atoms in total. The Bertz CT molecular complexity index is 322. The summed E-state index contributed by atoms with van der Waals surface area (Å²) in [5.41, 5.74) is 0. The van der Waals surface area contributed by atoms with Crippen LogP contribution in [0.25, 0.3) is 0 Å². The van der Waals surface area contributed by atoms with Gasteiger partial charge < -0.3 is 15.2 Å². The van der Waals surface area contributed by atoms with E-state index in [4.69, 9.17) is 0 Å². The molecule has 102 valence electrons. The van der Waals surface area contributed by atoms with Crippen molar-refractivity contribution in [2.24, 2.45) is 10.2 Å². The molecular formula is C9H17N5O4. The van der Waals surface area contributed by atoms with Crippen molar-refractivity contribution in [1.82, 2.24) is 15.5 Å². The molecule has 18 heavy (non-hydrogen) atoms. The number of carbonyl (C=O) groups excluding carboxylic acids is 2. The van der Waals surface area contributed by atoms with Crippen molar-refractivity contribution in [3.8, 4) is 0 Å². The van der Waals surface area contributed by atoms with Crippen LogP contribution in [0, 0.1) is 0 Å². The fraction of sp³-hybridized carbons (Fsp3) is 0.778. The second-order valence-corrected chi connectivity index (χ2v) is 3.49. The summed E-state index contributed by atoms with van der Waals surface area (Å²) in [4.78, 5) is 23.6. The fourth-order valence-corrected chi connectivity index (χ4v) is 1.40. The van der Waals surface area contributed by atoms with Crippen LogP contribution >= 0.6 is 0 Å². The zero-order valence-corrected chi connectivity index (χ0v) is 10.1. The van der Waals surface area contributed by atoms with E-state index in [0.29, 0.717) is 26.2 Å². The molecule has 1 heterocycles. The number of rotatable bonds is 4. The Labute approximate surface area is 104 Å². The van der Waals surface area contributed by atoms with E-state index in [-0.39, 0.29) is 6.61 Å². The molecule has 1 fully saturated rings. The number of carbonyl (C=O) groups is 2. The molecule has 0 radical (unpaired) electrons. The molecule has 0 spiro atoms. The lowest BCUT2D eigenvalue weighted by molar-refractivity contribution is 0.0234. The molecule has 1 saturated heterocycles. The van der Waals surface area contributed by atoms with Gasteiger partial charge in [-0.2, -0.15) is 0 Å². The van der Waals surface area contributed by atoms with Crippen LogP contribution in [0.2, 0.25) is 0 Å². The predicted molar refractivity (Wildman–Crippen MR) is 60.9 cm³/mol. The van der Waals surface area contributed by atoms with E-state index in [1.54, 1.807) is 11.8 Å². The van der Waals surface area contributed by atoms with E-state index in [1.807, 2.05) is 0 Å². The van der Waals surface area contributed by atoms with Gasteiger partial charge in [-0.1, -0.05) is 10.2 Å². The minimum absolute atomic E-state index is 0.180. The molecule has 1 atom stereocenters. The minimum Gasteiger partial charge on any atom is -0.447 e. The lowest BCUT2D eigenvalue weighted by Crippen LogP contribution is -2.40. The SMILES string of the molecule is CCOC(=O)/N=N/C(=O)NCCN1CCNC1O. The molecule has 1 rings (SSSR count). The first-order chi connectivity index (χ1) is 8.63. The summed E-state index contributed by atoms with van der Waals surface area (Å²) in [7, 11) is 0. The van der Waals surface area contributed by atoms with E-state index in [0.717, 1.165) is 0 Å². The van der Waals surface area contributed by atoms with Crippen LogP contribution in [0.5, 0.6) is 0 Å². The molecule has 1 aliphatic heterocycles.